The number of nitrogens with zero attached hydrogens (tertiary/aromatic N) is 5. The Morgan fingerprint density at radius 3 is 2.40 bits per heavy atom. The Balaban J connectivity index is 1.63. The van der Waals surface area contributed by atoms with Crippen molar-refractivity contribution in [1.29, 1.82) is 5.26 Å². The van der Waals surface area contributed by atoms with Crippen LogP contribution < -0.4 is 15.5 Å². The van der Waals surface area contributed by atoms with Gasteiger partial charge in [-0.25, -0.2) is 4.68 Å². The first-order chi connectivity index (χ1) is 16.6. The van der Waals surface area contributed by atoms with Gasteiger partial charge in [-0.05, 0) is 60.2 Å². The van der Waals surface area contributed by atoms with Gasteiger partial charge in [-0.15, -0.1) is 10.2 Å². The molecule has 184 valence electrons. The Bertz CT molecular complexity index is 1190. The number of aryl methyl sites for hydroxylation is 2. The number of nitrogen functional groups attached to an aromatic ring is 1. The predicted octanol–water partition coefficient (Wildman–Crippen LogP) is 4.52. The van der Waals surface area contributed by atoms with Gasteiger partial charge in [-0.1, -0.05) is 50.7 Å². The molecule has 9 heteroatoms. The molecule has 0 fully saturated rings. The first-order valence-corrected chi connectivity index (χ1v) is 12.4. The van der Waals surface area contributed by atoms with Crippen molar-refractivity contribution in [2.45, 2.75) is 58.2 Å². The van der Waals surface area contributed by atoms with Crippen molar-refractivity contribution in [2.24, 2.45) is 0 Å². The van der Waals surface area contributed by atoms with Gasteiger partial charge in [0, 0.05) is 12.2 Å². The molecule has 0 aliphatic heterocycles. The van der Waals surface area contributed by atoms with E-state index >= 15 is 0 Å². The number of benzene rings is 2. The van der Waals surface area contributed by atoms with Gasteiger partial charge in [0.25, 0.3) is 0 Å². The van der Waals surface area contributed by atoms with E-state index in [0.717, 1.165) is 16.8 Å². The fourth-order valence-corrected chi connectivity index (χ4v) is 4.32. The van der Waals surface area contributed by atoms with E-state index in [-0.39, 0.29) is 30.1 Å². The Labute approximate surface area is 211 Å². The van der Waals surface area contributed by atoms with Gasteiger partial charge in [0.2, 0.25) is 11.1 Å². The molecule has 0 unspecified atom stereocenters. The number of nitrogens with two attached hydrogens (primary N) is 1. The monoisotopic (exact) mass is 492 g/mol. The van der Waals surface area contributed by atoms with Crippen LogP contribution in [0.2, 0.25) is 0 Å². The van der Waals surface area contributed by atoms with Gasteiger partial charge in [-0.2, -0.15) is 5.26 Å². The van der Waals surface area contributed by atoms with Gasteiger partial charge < -0.3 is 15.5 Å². The van der Waals surface area contributed by atoms with Gasteiger partial charge in [0.1, 0.15) is 12.4 Å². The molecule has 0 radical (unpaired) electrons. The number of amides is 1. The van der Waals surface area contributed by atoms with Crippen LogP contribution >= 0.6 is 11.8 Å². The molecule has 3 aromatic rings. The summed E-state index contributed by atoms with van der Waals surface area (Å²) in [5, 5.41) is 17.7. The van der Waals surface area contributed by atoms with Gasteiger partial charge in [0.05, 0.1) is 18.2 Å². The molecule has 0 bridgehead atoms. The molecule has 2 N–H and O–H groups in total. The third-order valence-electron chi connectivity index (χ3n) is 5.41. The molecule has 1 heterocycles. The van der Waals surface area contributed by atoms with Crippen LogP contribution in [0.5, 0.6) is 5.75 Å². The second-order valence-electron chi connectivity index (χ2n) is 9.42. The number of aromatic nitrogens is 3. The van der Waals surface area contributed by atoms with Crippen molar-refractivity contribution in [2.75, 3.05) is 23.0 Å². The average molecular weight is 493 g/mol. The van der Waals surface area contributed by atoms with Crippen LogP contribution in [0.1, 0.15) is 49.7 Å². The molecule has 2 aromatic carbocycles. The first kappa shape index (κ1) is 26.1. The summed E-state index contributed by atoms with van der Waals surface area (Å²) in [6, 6.07) is 16.0. The maximum absolute atomic E-state index is 13.0. The van der Waals surface area contributed by atoms with E-state index in [9.17, 15) is 4.79 Å². The Morgan fingerprint density at radius 2 is 1.80 bits per heavy atom. The molecule has 35 heavy (non-hydrogen) atoms. The van der Waals surface area contributed by atoms with E-state index in [1.807, 2.05) is 56.3 Å². The minimum Gasteiger partial charge on any atom is -0.486 e. The molecule has 0 saturated carbocycles. The molecule has 0 spiro atoms. The third kappa shape index (κ3) is 6.99. The van der Waals surface area contributed by atoms with Crippen molar-refractivity contribution in [3.8, 4) is 11.8 Å². The van der Waals surface area contributed by atoms with Crippen molar-refractivity contribution in [3.05, 3.63) is 65.0 Å². The number of hydrogen-bond donors (Lipinski definition) is 1. The number of nitriles is 1. The van der Waals surface area contributed by atoms with Crippen molar-refractivity contribution in [1.82, 2.24) is 14.9 Å². The Hall–Kier alpha value is -3.51. The van der Waals surface area contributed by atoms with Crippen LogP contribution in [0.25, 0.3) is 0 Å². The van der Waals surface area contributed by atoms with Gasteiger partial charge in [0.15, 0.2) is 5.82 Å². The van der Waals surface area contributed by atoms with Crippen LogP contribution in [0.15, 0.2) is 47.6 Å². The second kappa shape index (κ2) is 11.3. The SMILES string of the molecule is Cc1cc(C)cc(N(CCC#N)C(=O)CSc2nnc(COc3ccc(C(C)(C)C)cc3)n2N)c1. The van der Waals surface area contributed by atoms with E-state index in [0.29, 0.717) is 23.3 Å². The fourth-order valence-electron chi connectivity index (χ4n) is 3.57. The minimum absolute atomic E-state index is 0.0713. The molecule has 1 amide bonds. The zero-order valence-corrected chi connectivity index (χ0v) is 21.7. The molecule has 0 saturated heterocycles. The van der Waals surface area contributed by atoms with Gasteiger partial charge in [-0.3, -0.25) is 4.79 Å². The van der Waals surface area contributed by atoms with Crippen LogP contribution in [0, 0.1) is 25.2 Å². The zero-order chi connectivity index (χ0) is 25.6. The standard InChI is InChI=1S/C26H32N6O2S/c1-18-13-19(2)15-21(14-18)31(12-6-11-27)24(33)17-35-25-30-29-23(32(25)28)16-34-22-9-7-20(8-10-22)26(3,4)5/h7-10,13-15H,6,12,16-17,28H2,1-5H3. The van der Waals surface area contributed by atoms with E-state index in [2.05, 4.69) is 37.0 Å². The van der Waals surface area contributed by atoms with E-state index in [1.165, 1.54) is 22.0 Å². The van der Waals surface area contributed by atoms with Crippen LogP contribution in [-0.4, -0.2) is 33.1 Å². The first-order valence-electron chi connectivity index (χ1n) is 11.4. The number of hydrogen-bond acceptors (Lipinski definition) is 7. The van der Waals surface area contributed by atoms with E-state index in [1.54, 1.807) is 4.90 Å². The summed E-state index contributed by atoms with van der Waals surface area (Å²) >= 11 is 1.20. The third-order valence-corrected chi connectivity index (χ3v) is 6.34. The number of carbonyl (C=O) groups is 1. The maximum atomic E-state index is 13.0. The summed E-state index contributed by atoms with van der Waals surface area (Å²) in [6.45, 7) is 10.9. The van der Waals surface area contributed by atoms with Crippen molar-refractivity contribution in [3.63, 3.8) is 0 Å². The van der Waals surface area contributed by atoms with Crippen LogP contribution in [0.3, 0.4) is 0 Å². The molecular formula is C26H32N6O2S. The lowest BCUT2D eigenvalue weighted by Crippen LogP contribution is -2.33. The van der Waals surface area contributed by atoms with E-state index in [4.69, 9.17) is 15.8 Å². The van der Waals surface area contributed by atoms with E-state index < -0.39 is 0 Å². The summed E-state index contributed by atoms with van der Waals surface area (Å²) in [6.07, 6.45) is 0.245. The quantitative estimate of drug-likeness (QED) is 0.345. The largest absolute Gasteiger partial charge is 0.486 e. The molecular weight excluding hydrogens is 460 g/mol. The average Bonchev–Trinajstić information content (AvgIpc) is 3.15. The number of ether oxygens (including phenoxy) is 1. The van der Waals surface area contributed by atoms with Crippen molar-refractivity contribution >= 4 is 23.4 Å². The molecule has 1 aromatic heterocycles. The molecule has 0 atom stereocenters. The predicted molar refractivity (Wildman–Crippen MR) is 139 cm³/mol. The number of rotatable bonds is 9. The number of thioether (sulfide) groups is 1. The lowest BCUT2D eigenvalue weighted by molar-refractivity contribution is -0.116. The highest BCUT2D eigenvalue weighted by Gasteiger charge is 2.19. The zero-order valence-electron chi connectivity index (χ0n) is 20.9. The second-order valence-corrected chi connectivity index (χ2v) is 10.4. The Kier molecular flexibility index (Phi) is 8.41. The smallest absolute Gasteiger partial charge is 0.237 e. The summed E-state index contributed by atoms with van der Waals surface area (Å²) < 4.78 is 7.17. The van der Waals surface area contributed by atoms with Gasteiger partial charge >= 0.3 is 0 Å². The molecule has 3 rings (SSSR count). The van der Waals surface area contributed by atoms with Crippen molar-refractivity contribution < 1.29 is 9.53 Å². The molecule has 0 aliphatic carbocycles. The summed E-state index contributed by atoms with van der Waals surface area (Å²) in [5.74, 6) is 7.32. The normalized spacial score (nSPS) is 11.2. The van der Waals surface area contributed by atoms with Crippen LogP contribution in [-0.2, 0) is 16.8 Å². The highest BCUT2D eigenvalue weighted by Crippen LogP contribution is 2.25. The Morgan fingerprint density at radius 1 is 1.14 bits per heavy atom. The number of anilines is 1. The highest BCUT2D eigenvalue weighted by atomic mass is 32.2. The maximum Gasteiger partial charge on any atom is 0.237 e. The summed E-state index contributed by atoms with van der Waals surface area (Å²) in [4.78, 5) is 14.7. The fraction of sp³-hybridized carbons (Fsp3) is 0.385. The number of carbonyl (C=O) groups excluding carboxylic acids is 1. The lowest BCUT2D eigenvalue weighted by Gasteiger charge is -2.22. The molecule has 0 aliphatic rings. The summed E-state index contributed by atoms with van der Waals surface area (Å²) in [5.41, 5.74) is 4.19. The lowest BCUT2D eigenvalue weighted by atomic mass is 9.87. The minimum atomic E-state index is -0.130. The highest BCUT2D eigenvalue weighted by molar-refractivity contribution is 7.99. The molecule has 8 nitrogen and oxygen atoms in total. The van der Waals surface area contributed by atoms with Crippen LogP contribution in [0.4, 0.5) is 5.69 Å². The summed E-state index contributed by atoms with van der Waals surface area (Å²) in [7, 11) is 0. The topological polar surface area (TPSA) is 110 Å².